The number of anilines is 4. The molecule has 1 amide bonds. The average molecular weight is 519 g/mol. The Morgan fingerprint density at radius 3 is 2.58 bits per heavy atom. The largest absolute Gasteiger partial charge is 0.379 e. The Labute approximate surface area is 224 Å². The molecule has 1 unspecified atom stereocenters. The van der Waals surface area contributed by atoms with Crippen molar-refractivity contribution in [2.75, 3.05) is 61.1 Å². The highest BCUT2D eigenvalue weighted by Gasteiger charge is 2.51. The van der Waals surface area contributed by atoms with Gasteiger partial charge in [0, 0.05) is 56.9 Å². The van der Waals surface area contributed by atoms with Gasteiger partial charge < -0.3 is 25.2 Å². The van der Waals surface area contributed by atoms with Crippen LogP contribution in [0.15, 0.2) is 24.5 Å². The Hall–Kier alpha value is -2.98. The second kappa shape index (κ2) is 9.96. The highest BCUT2D eigenvalue weighted by Crippen LogP contribution is 2.44. The van der Waals surface area contributed by atoms with E-state index in [4.69, 9.17) is 14.7 Å². The smallest absolute Gasteiger partial charge is 0.243 e. The van der Waals surface area contributed by atoms with Crippen LogP contribution in [0.3, 0.4) is 0 Å². The molecule has 38 heavy (non-hydrogen) atoms. The Kier molecular flexibility index (Phi) is 6.31. The summed E-state index contributed by atoms with van der Waals surface area (Å²) in [4.78, 5) is 34.4. The molecular formula is C28H38N8O2. The first-order valence-electron chi connectivity index (χ1n) is 14.4. The molecule has 0 bridgehead atoms. The van der Waals surface area contributed by atoms with Gasteiger partial charge in [0.1, 0.15) is 17.7 Å². The van der Waals surface area contributed by atoms with Gasteiger partial charge in [0.05, 0.1) is 30.6 Å². The van der Waals surface area contributed by atoms with Crippen molar-refractivity contribution in [2.24, 2.45) is 0 Å². The van der Waals surface area contributed by atoms with Gasteiger partial charge in [-0.05, 0) is 37.8 Å². The molecule has 10 heteroatoms. The minimum Gasteiger partial charge on any atom is -0.379 e. The number of carbonyl (C=O) groups is 1. The Morgan fingerprint density at radius 1 is 1.00 bits per heavy atom. The van der Waals surface area contributed by atoms with E-state index in [-0.39, 0.29) is 17.5 Å². The van der Waals surface area contributed by atoms with Crippen molar-refractivity contribution < 1.29 is 9.53 Å². The molecule has 0 radical (unpaired) electrons. The lowest BCUT2D eigenvalue weighted by atomic mass is 9.78. The van der Waals surface area contributed by atoms with E-state index in [2.05, 4.69) is 36.4 Å². The number of nitrogens with one attached hydrogen (secondary N) is 2. The summed E-state index contributed by atoms with van der Waals surface area (Å²) in [5, 5.41) is 6.50. The number of aromatic nitrogens is 3. The fraction of sp³-hybridized carbons (Fsp3) is 0.643. The number of ether oxygens (including phenoxy) is 1. The minimum absolute atomic E-state index is 0.0250. The summed E-state index contributed by atoms with van der Waals surface area (Å²) in [7, 11) is 0. The van der Waals surface area contributed by atoms with Gasteiger partial charge in [-0.1, -0.05) is 19.3 Å². The summed E-state index contributed by atoms with van der Waals surface area (Å²) in [5.41, 5.74) is 2.20. The molecule has 6 heterocycles. The zero-order valence-corrected chi connectivity index (χ0v) is 22.1. The summed E-state index contributed by atoms with van der Waals surface area (Å²) in [6.07, 6.45) is 12.7. The summed E-state index contributed by atoms with van der Waals surface area (Å²) < 4.78 is 5.52. The molecule has 0 aromatic carbocycles. The van der Waals surface area contributed by atoms with Crippen molar-refractivity contribution in [1.82, 2.24) is 25.2 Å². The van der Waals surface area contributed by atoms with Crippen LogP contribution in [0.25, 0.3) is 0 Å². The van der Waals surface area contributed by atoms with Crippen molar-refractivity contribution in [3.63, 3.8) is 0 Å². The minimum atomic E-state index is -0.175. The van der Waals surface area contributed by atoms with Gasteiger partial charge in [0.2, 0.25) is 11.9 Å². The topological polar surface area (TPSA) is 98.8 Å². The molecular weight excluding hydrogens is 480 g/mol. The number of piperidine rings is 1. The van der Waals surface area contributed by atoms with Crippen molar-refractivity contribution in [2.45, 2.75) is 69.0 Å². The number of fused-ring (bicyclic) bond motifs is 4. The molecule has 2 aromatic heterocycles. The summed E-state index contributed by atoms with van der Waals surface area (Å²) >= 11 is 0. The van der Waals surface area contributed by atoms with Gasteiger partial charge >= 0.3 is 0 Å². The van der Waals surface area contributed by atoms with E-state index in [0.29, 0.717) is 25.0 Å². The van der Waals surface area contributed by atoms with Crippen LogP contribution in [0, 0.1) is 0 Å². The number of hydrogen-bond donors (Lipinski definition) is 2. The maximum atomic E-state index is 12.8. The van der Waals surface area contributed by atoms with Crippen LogP contribution in [0.5, 0.6) is 0 Å². The molecule has 2 N–H and O–H groups in total. The maximum Gasteiger partial charge on any atom is 0.243 e. The fourth-order valence-corrected chi connectivity index (χ4v) is 7.30. The number of morpholine rings is 1. The van der Waals surface area contributed by atoms with Gasteiger partial charge in [0.25, 0.3) is 0 Å². The van der Waals surface area contributed by atoms with E-state index in [1.54, 1.807) is 0 Å². The first kappa shape index (κ1) is 24.1. The molecule has 202 valence electrons. The van der Waals surface area contributed by atoms with Gasteiger partial charge in [0.15, 0.2) is 0 Å². The van der Waals surface area contributed by atoms with Gasteiger partial charge in [-0.25, -0.2) is 9.97 Å². The van der Waals surface area contributed by atoms with E-state index < -0.39 is 0 Å². The molecule has 1 spiro atoms. The summed E-state index contributed by atoms with van der Waals surface area (Å²) in [6, 6.07) is 4.64. The predicted octanol–water partition coefficient (Wildman–Crippen LogP) is 2.48. The number of pyridine rings is 1. The van der Waals surface area contributed by atoms with Crippen LogP contribution in [0.2, 0.25) is 0 Å². The standard InChI is InChI=1S/C28H38N8O2/c37-26-23-16-20-17-30-27(33-25(20)36(23)28(19-31-26)8-2-1-3-9-28)32-24-5-4-22(18-29-24)34-10-6-21(7-11-34)35-12-14-38-15-13-35/h4-5,17-18,21,23H,1-3,6-16,19H2,(H,31,37)(H,29,30,32,33). The van der Waals surface area contributed by atoms with Gasteiger partial charge in [-0.2, -0.15) is 4.98 Å². The molecule has 2 aromatic rings. The van der Waals surface area contributed by atoms with Gasteiger partial charge in [-0.3, -0.25) is 9.69 Å². The monoisotopic (exact) mass is 518 g/mol. The lowest BCUT2D eigenvalue weighted by Crippen LogP contribution is -2.67. The number of amides is 1. The molecule has 1 aliphatic carbocycles. The van der Waals surface area contributed by atoms with E-state index in [0.717, 1.165) is 75.1 Å². The lowest BCUT2D eigenvalue weighted by molar-refractivity contribution is -0.124. The van der Waals surface area contributed by atoms with Crippen molar-refractivity contribution >= 4 is 29.2 Å². The molecule has 1 saturated carbocycles. The SMILES string of the molecule is O=C1NCC2(CCCCC2)N2c3nc(Nc4ccc(N5CCC(N6CCOCC6)CC5)cn4)ncc3CC12. The summed E-state index contributed by atoms with van der Waals surface area (Å²) in [5.74, 6) is 2.30. The molecule has 1 atom stereocenters. The molecule has 3 saturated heterocycles. The predicted molar refractivity (Wildman–Crippen MR) is 146 cm³/mol. The zero-order valence-electron chi connectivity index (χ0n) is 22.1. The fourth-order valence-electron chi connectivity index (χ4n) is 7.30. The van der Waals surface area contributed by atoms with E-state index in [1.807, 2.05) is 18.5 Å². The third-order valence-corrected chi connectivity index (χ3v) is 9.36. The number of hydrogen-bond acceptors (Lipinski definition) is 9. The van der Waals surface area contributed by atoms with Crippen LogP contribution < -0.4 is 20.4 Å². The molecule has 5 aliphatic rings. The van der Waals surface area contributed by atoms with E-state index >= 15 is 0 Å². The van der Waals surface area contributed by atoms with Crippen LogP contribution in [-0.2, 0) is 16.0 Å². The number of piperazine rings is 1. The van der Waals surface area contributed by atoms with Crippen molar-refractivity contribution in [3.8, 4) is 0 Å². The zero-order chi connectivity index (χ0) is 25.5. The molecule has 4 aliphatic heterocycles. The highest BCUT2D eigenvalue weighted by atomic mass is 16.5. The summed E-state index contributed by atoms with van der Waals surface area (Å²) in [6.45, 7) is 6.66. The first-order chi connectivity index (χ1) is 18.7. The molecule has 10 nitrogen and oxygen atoms in total. The quantitative estimate of drug-likeness (QED) is 0.632. The van der Waals surface area contributed by atoms with Crippen molar-refractivity contribution in [3.05, 3.63) is 30.1 Å². The molecule has 7 rings (SSSR count). The normalized spacial score (nSPS) is 25.7. The highest BCUT2D eigenvalue weighted by molar-refractivity contribution is 5.90. The average Bonchev–Trinajstić information content (AvgIpc) is 3.38. The third kappa shape index (κ3) is 4.37. The second-order valence-corrected chi connectivity index (χ2v) is 11.5. The van der Waals surface area contributed by atoms with Crippen molar-refractivity contribution in [1.29, 1.82) is 0 Å². The third-order valence-electron chi connectivity index (χ3n) is 9.36. The van der Waals surface area contributed by atoms with Crippen LogP contribution in [0.4, 0.5) is 23.3 Å². The van der Waals surface area contributed by atoms with Crippen LogP contribution >= 0.6 is 0 Å². The number of carbonyl (C=O) groups excluding carboxylic acids is 1. The Morgan fingerprint density at radius 2 is 1.82 bits per heavy atom. The van der Waals surface area contributed by atoms with Gasteiger partial charge in [-0.15, -0.1) is 0 Å². The van der Waals surface area contributed by atoms with Crippen LogP contribution in [-0.4, -0.2) is 89.3 Å². The number of nitrogens with zero attached hydrogens (tertiary/aromatic N) is 6. The molecule has 4 fully saturated rings. The van der Waals surface area contributed by atoms with Crippen LogP contribution in [0.1, 0.15) is 50.5 Å². The lowest BCUT2D eigenvalue weighted by Gasteiger charge is -2.51. The van der Waals surface area contributed by atoms with E-state index in [1.165, 1.54) is 32.1 Å². The maximum absolute atomic E-state index is 12.8. The first-order valence-corrected chi connectivity index (χ1v) is 14.4. The Balaban J connectivity index is 1.03. The number of rotatable bonds is 4. The van der Waals surface area contributed by atoms with E-state index in [9.17, 15) is 4.79 Å². The Bertz CT molecular complexity index is 1150. The second-order valence-electron chi connectivity index (χ2n) is 11.5.